The Morgan fingerprint density at radius 2 is 1.93 bits per heavy atom. The van der Waals surface area contributed by atoms with Gasteiger partial charge in [0, 0.05) is 23.1 Å². The second-order valence-electron chi connectivity index (χ2n) is 7.27. The number of imidazole rings is 1. The van der Waals surface area contributed by atoms with Crippen LogP contribution in [-0.2, 0) is 0 Å². The standard InChI is InChI=1S/C21H22BrFN4O/c1-12-13(2)19-18(11-16(12)22)24-20(25-19)15-7-6-14(10-17(15)23)21(28)26-27-8-4-3-5-9-27/h6-7,10-11H,3-5,8-9H2,1-2H3,(H,24,25)(H,26,28). The fraction of sp³-hybridized carbons (Fsp3) is 0.333. The Labute approximate surface area is 171 Å². The van der Waals surface area contributed by atoms with E-state index in [0.29, 0.717) is 17.0 Å². The summed E-state index contributed by atoms with van der Waals surface area (Å²) in [6, 6.07) is 6.47. The summed E-state index contributed by atoms with van der Waals surface area (Å²) >= 11 is 3.54. The highest BCUT2D eigenvalue weighted by Gasteiger charge is 2.18. The maximum atomic E-state index is 14.8. The summed E-state index contributed by atoms with van der Waals surface area (Å²) in [5.41, 5.74) is 7.33. The van der Waals surface area contributed by atoms with Crippen LogP contribution >= 0.6 is 15.9 Å². The summed E-state index contributed by atoms with van der Waals surface area (Å²) < 4.78 is 15.8. The number of benzene rings is 2. The number of hydrazine groups is 1. The van der Waals surface area contributed by atoms with Crippen LogP contribution in [0.1, 0.15) is 40.7 Å². The Morgan fingerprint density at radius 3 is 2.64 bits per heavy atom. The summed E-state index contributed by atoms with van der Waals surface area (Å²) in [7, 11) is 0. The van der Waals surface area contributed by atoms with Gasteiger partial charge in [-0.2, -0.15) is 0 Å². The molecule has 0 bridgehead atoms. The number of hydrogen-bond acceptors (Lipinski definition) is 3. The number of carbonyl (C=O) groups excluding carboxylic acids is 1. The highest BCUT2D eigenvalue weighted by Crippen LogP contribution is 2.30. The molecule has 5 nitrogen and oxygen atoms in total. The summed E-state index contributed by atoms with van der Waals surface area (Å²) in [5.74, 6) is -0.303. The lowest BCUT2D eigenvalue weighted by atomic mass is 10.1. The number of halogens is 2. The summed E-state index contributed by atoms with van der Waals surface area (Å²) in [6.45, 7) is 5.68. The van der Waals surface area contributed by atoms with Crippen LogP contribution < -0.4 is 5.43 Å². The van der Waals surface area contributed by atoms with E-state index in [1.165, 1.54) is 12.5 Å². The third kappa shape index (κ3) is 3.56. The number of hydrogen-bond donors (Lipinski definition) is 2. The van der Waals surface area contributed by atoms with E-state index in [1.54, 1.807) is 12.1 Å². The second kappa shape index (κ2) is 7.64. The molecular weight excluding hydrogens is 423 g/mol. The molecule has 1 aliphatic rings. The fourth-order valence-corrected chi connectivity index (χ4v) is 4.08. The fourth-order valence-electron chi connectivity index (χ4n) is 3.56. The number of nitrogens with one attached hydrogen (secondary N) is 2. The van der Waals surface area contributed by atoms with E-state index >= 15 is 0 Å². The number of aromatic nitrogens is 2. The van der Waals surface area contributed by atoms with Crippen molar-refractivity contribution in [3.8, 4) is 11.4 Å². The van der Waals surface area contributed by atoms with Crippen LogP contribution in [0.15, 0.2) is 28.7 Å². The van der Waals surface area contributed by atoms with Crippen molar-refractivity contribution in [2.45, 2.75) is 33.1 Å². The first kappa shape index (κ1) is 19.1. The molecule has 2 N–H and O–H groups in total. The number of fused-ring (bicyclic) bond motifs is 1. The summed E-state index contributed by atoms with van der Waals surface area (Å²) in [5, 5.41) is 1.90. The zero-order chi connectivity index (χ0) is 19.8. The van der Waals surface area contributed by atoms with Gasteiger partial charge < -0.3 is 4.98 Å². The number of aryl methyl sites for hydroxylation is 1. The normalized spacial score (nSPS) is 15.1. The van der Waals surface area contributed by atoms with Gasteiger partial charge in [0.05, 0.1) is 16.6 Å². The predicted octanol–water partition coefficient (Wildman–Crippen LogP) is 4.88. The third-order valence-electron chi connectivity index (χ3n) is 5.38. The van der Waals surface area contributed by atoms with Gasteiger partial charge in [-0.1, -0.05) is 22.4 Å². The highest BCUT2D eigenvalue weighted by atomic mass is 79.9. The molecular formula is C21H22BrFN4O. The van der Waals surface area contributed by atoms with Gasteiger partial charge >= 0.3 is 0 Å². The van der Waals surface area contributed by atoms with Crippen LogP contribution in [0.4, 0.5) is 4.39 Å². The Morgan fingerprint density at radius 1 is 1.18 bits per heavy atom. The molecule has 2 heterocycles. The molecule has 1 saturated heterocycles. The van der Waals surface area contributed by atoms with Gasteiger partial charge in [-0.25, -0.2) is 14.4 Å². The molecule has 146 valence electrons. The van der Waals surface area contributed by atoms with Crippen LogP contribution in [0.2, 0.25) is 0 Å². The van der Waals surface area contributed by atoms with E-state index in [0.717, 1.165) is 52.6 Å². The van der Waals surface area contributed by atoms with Crippen molar-refractivity contribution in [1.29, 1.82) is 0 Å². The molecule has 0 atom stereocenters. The largest absolute Gasteiger partial charge is 0.338 e. The monoisotopic (exact) mass is 444 g/mol. The molecule has 0 unspecified atom stereocenters. The van der Waals surface area contributed by atoms with Crippen molar-refractivity contribution in [2.24, 2.45) is 0 Å². The van der Waals surface area contributed by atoms with Crippen molar-refractivity contribution >= 4 is 32.9 Å². The van der Waals surface area contributed by atoms with E-state index in [1.807, 2.05) is 24.9 Å². The first-order valence-electron chi connectivity index (χ1n) is 9.45. The number of H-pyrrole nitrogens is 1. The minimum atomic E-state index is -0.473. The molecule has 0 aliphatic carbocycles. The van der Waals surface area contributed by atoms with Gasteiger partial charge in [-0.3, -0.25) is 10.2 Å². The Bertz CT molecular complexity index is 1060. The van der Waals surface area contributed by atoms with E-state index in [-0.39, 0.29) is 5.91 Å². The van der Waals surface area contributed by atoms with E-state index in [9.17, 15) is 9.18 Å². The second-order valence-corrected chi connectivity index (χ2v) is 8.13. The summed E-state index contributed by atoms with van der Waals surface area (Å²) in [6.07, 6.45) is 3.31. The minimum Gasteiger partial charge on any atom is -0.338 e. The molecule has 7 heteroatoms. The van der Waals surface area contributed by atoms with Crippen LogP contribution in [0.5, 0.6) is 0 Å². The third-order valence-corrected chi connectivity index (χ3v) is 6.20. The van der Waals surface area contributed by atoms with Crippen molar-refractivity contribution in [2.75, 3.05) is 13.1 Å². The van der Waals surface area contributed by atoms with Crippen molar-refractivity contribution in [3.05, 3.63) is 51.2 Å². The Kier molecular flexibility index (Phi) is 5.21. The van der Waals surface area contributed by atoms with Gasteiger partial charge in [0.1, 0.15) is 11.6 Å². The smallest absolute Gasteiger partial charge is 0.265 e. The first-order valence-corrected chi connectivity index (χ1v) is 10.2. The molecule has 1 aliphatic heterocycles. The van der Waals surface area contributed by atoms with Crippen LogP contribution in [-0.4, -0.2) is 34.0 Å². The van der Waals surface area contributed by atoms with Gasteiger partial charge in [-0.05, 0) is 62.1 Å². The maximum Gasteiger partial charge on any atom is 0.265 e. The van der Waals surface area contributed by atoms with Crippen LogP contribution in [0.25, 0.3) is 22.4 Å². The van der Waals surface area contributed by atoms with Gasteiger partial charge in [0.15, 0.2) is 0 Å². The number of aromatic amines is 1. The van der Waals surface area contributed by atoms with Gasteiger partial charge in [0.2, 0.25) is 0 Å². The van der Waals surface area contributed by atoms with Gasteiger partial charge in [0.25, 0.3) is 5.91 Å². The van der Waals surface area contributed by atoms with Crippen molar-refractivity contribution in [1.82, 2.24) is 20.4 Å². The average molecular weight is 445 g/mol. The first-order chi connectivity index (χ1) is 13.4. The minimum absolute atomic E-state index is 0.285. The van der Waals surface area contributed by atoms with Crippen LogP contribution in [0, 0.1) is 19.7 Å². The molecule has 3 aromatic rings. The number of piperidine rings is 1. The zero-order valence-corrected chi connectivity index (χ0v) is 17.5. The lowest BCUT2D eigenvalue weighted by Gasteiger charge is -2.26. The topological polar surface area (TPSA) is 61.0 Å². The molecule has 0 spiro atoms. The lowest BCUT2D eigenvalue weighted by molar-refractivity contribution is 0.0749. The Balaban J connectivity index is 1.62. The number of rotatable bonds is 3. The quantitative estimate of drug-likeness (QED) is 0.604. The molecule has 1 aromatic heterocycles. The number of amides is 1. The van der Waals surface area contributed by atoms with E-state index in [2.05, 4.69) is 31.3 Å². The number of carbonyl (C=O) groups is 1. The highest BCUT2D eigenvalue weighted by molar-refractivity contribution is 9.10. The van der Waals surface area contributed by atoms with Crippen molar-refractivity contribution < 1.29 is 9.18 Å². The number of nitrogens with zero attached hydrogens (tertiary/aromatic N) is 2. The SMILES string of the molecule is Cc1c(Br)cc2[nH]c(-c3ccc(C(=O)NN4CCCCC4)cc3F)nc2c1C. The zero-order valence-electron chi connectivity index (χ0n) is 15.9. The molecule has 4 rings (SSSR count). The molecule has 1 amide bonds. The molecule has 0 saturated carbocycles. The molecule has 2 aromatic carbocycles. The lowest BCUT2D eigenvalue weighted by Crippen LogP contribution is -2.45. The van der Waals surface area contributed by atoms with Gasteiger partial charge in [-0.15, -0.1) is 0 Å². The molecule has 0 radical (unpaired) electrons. The predicted molar refractivity (Wildman–Crippen MR) is 112 cm³/mol. The Hall–Kier alpha value is -2.25. The van der Waals surface area contributed by atoms with Crippen molar-refractivity contribution in [3.63, 3.8) is 0 Å². The summed E-state index contributed by atoms with van der Waals surface area (Å²) in [4.78, 5) is 20.2. The van der Waals surface area contributed by atoms with E-state index in [4.69, 9.17) is 0 Å². The molecule has 1 fully saturated rings. The average Bonchev–Trinajstić information content (AvgIpc) is 3.10. The van der Waals surface area contributed by atoms with Crippen LogP contribution in [0.3, 0.4) is 0 Å². The molecule has 28 heavy (non-hydrogen) atoms. The van der Waals surface area contributed by atoms with E-state index < -0.39 is 5.82 Å². The maximum absolute atomic E-state index is 14.8.